The average molecular weight is 182 g/mol. The van der Waals surface area contributed by atoms with Crippen LogP contribution in [-0.2, 0) is 11.3 Å². The summed E-state index contributed by atoms with van der Waals surface area (Å²) in [5.74, 6) is 0. The van der Waals surface area contributed by atoms with E-state index in [1.54, 1.807) is 15.9 Å². The van der Waals surface area contributed by atoms with Crippen molar-refractivity contribution < 1.29 is 9.53 Å². The van der Waals surface area contributed by atoms with E-state index in [4.69, 9.17) is 4.74 Å². The first kappa shape index (κ1) is 8.03. The first-order chi connectivity index (χ1) is 6.36. The van der Waals surface area contributed by atoms with Gasteiger partial charge in [0.05, 0.1) is 13.1 Å². The summed E-state index contributed by atoms with van der Waals surface area (Å²) in [6.45, 7) is 2.46. The maximum Gasteiger partial charge on any atom is 0.410 e. The van der Waals surface area contributed by atoms with Crippen LogP contribution in [-0.4, -0.2) is 45.5 Å². The van der Waals surface area contributed by atoms with Gasteiger partial charge in [-0.2, -0.15) is 5.10 Å². The van der Waals surface area contributed by atoms with Gasteiger partial charge in [-0.3, -0.25) is 4.68 Å². The Hall–Kier alpha value is -1.59. The molecule has 0 saturated carbocycles. The molecule has 0 bridgehead atoms. The SMILES string of the molecule is O=C1OCCN1CCn1cncn1. The van der Waals surface area contributed by atoms with Crippen molar-refractivity contribution in [3.8, 4) is 0 Å². The largest absolute Gasteiger partial charge is 0.448 e. The summed E-state index contributed by atoms with van der Waals surface area (Å²) in [5, 5.41) is 3.93. The van der Waals surface area contributed by atoms with Gasteiger partial charge in [-0.15, -0.1) is 0 Å². The highest BCUT2D eigenvalue weighted by Gasteiger charge is 2.20. The van der Waals surface area contributed by atoms with Crippen molar-refractivity contribution in [2.24, 2.45) is 0 Å². The molecule has 6 heteroatoms. The molecule has 2 rings (SSSR count). The molecule has 0 aromatic carbocycles. The number of aromatic nitrogens is 3. The van der Waals surface area contributed by atoms with Crippen LogP contribution in [0.1, 0.15) is 0 Å². The Morgan fingerprint density at radius 1 is 1.54 bits per heavy atom. The molecule has 2 heterocycles. The van der Waals surface area contributed by atoms with E-state index in [-0.39, 0.29) is 6.09 Å². The van der Waals surface area contributed by atoms with Crippen LogP contribution >= 0.6 is 0 Å². The monoisotopic (exact) mass is 182 g/mol. The molecule has 1 aliphatic rings. The molecule has 0 aliphatic carbocycles. The molecule has 1 aromatic rings. The van der Waals surface area contributed by atoms with E-state index in [0.29, 0.717) is 26.2 Å². The minimum absolute atomic E-state index is 0.236. The summed E-state index contributed by atoms with van der Waals surface area (Å²) < 4.78 is 6.46. The molecule has 1 amide bonds. The molecule has 1 aliphatic heterocycles. The second-order valence-electron chi connectivity index (χ2n) is 2.76. The second-order valence-corrected chi connectivity index (χ2v) is 2.76. The number of ether oxygens (including phenoxy) is 1. The molecule has 13 heavy (non-hydrogen) atoms. The molecule has 0 atom stereocenters. The van der Waals surface area contributed by atoms with Gasteiger partial charge in [0.1, 0.15) is 19.3 Å². The van der Waals surface area contributed by atoms with Crippen LogP contribution in [0.4, 0.5) is 4.79 Å². The van der Waals surface area contributed by atoms with Crippen LogP contribution < -0.4 is 0 Å². The summed E-state index contributed by atoms with van der Waals surface area (Å²) >= 11 is 0. The van der Waals surface area contributed by atoms with Gasteiger partial charge in [-0.25, -0.2) is 9.78 Å². The maximum atomic E-state index is 11.0. The third kappa shape index (κ3) is 1.77. The summed E-state index contributed by atoms with van der Waals surface area (Å²) in [5.41, 5.74) is 0. The third-order valence-electron chi connectivity index (χ3n) is 1.91. The van der Waals surface area contributed by atoms with Crippen LogP contribution in [0.2, 0.25) is 0 Å². The van der Waals surface area contributed by atoms with Crippen LogP contribution in [0.5, 0.6) is 0 Å². The molecule has 0 radical (unpaired) electrons. The highest BCUT2D eigenvalue weighted by molar-refractivity contribution is 5.69. The van der Waals surface area contributed by atoms with Crippen molar-refractivity contribution in [1.82, 2.24) is 19.7 Å². The smallest absolute Gasteiger partial charge is 0.410 e. The zero-order chi connectivity index (χ0) is 9.10. The van der Waals surface area contributed by atoms with E-state index in [0.717, 1.165) is 0 Å². The lowest BCUT2D eigenvalue weighted by atomic mass is 10.5. The van der Waals surface area contributed by atoms with Gasteiger partial charge in [0.15, 0.2) is 0 Å². The number of cyclic esters (lactones) is 1. The summed E-state index contributed by atoms with van der Waals surface area (Å²) in [6, 6.07) is 0. The number of nitrogens with zero attached hydrogens (tertiary/aromatic N) is 4. The second kappa shape index (κ2) is 3.42. The first-order valence-corrected chi connectivity index (χ1v) is 4.10. The minimum Gasteiger partial charge on any atom is -0.448 e. The Kier molecular flexibility index (Phi) is 2.11. The fourth-order valence-electron chi connectivity index (χ4n) is 1.20. The van der Waals surface area contributed by atoms with Crippen molar-refractivity contribution in [2.45, 2.75) is 6.54 Å². The Morgan fingerprint density at radius 3 is 3.08 bits per heavy atom. The van der Waals surface area contributed by atoms with Crippen LogP contribution in [0.3, 0.4) is 0 Å². The topological polar surface area (TPSA) is 60.2 Å². The minimum atomic E-state index is -0.236. The van der Waals surface area contributed by atoms with E-state index in [2.05, 4.69) is 10.1 Å². The van der Waals surface area contributed by atoms with E-state index in [1.807, 2.05) is 0 Å². The number of carbonyl (C=O) groups excluding carboxylic acids is 1. The lowest BCUT2D eigenvalue weighted by molar-refractivity contribution is 0.157. The van der Waals surface area contributed by atoms with Crippen LogP contribution in [0.15, 0.2) is 12.7 Å². The predicted molar refractivity (Wildman–Crippen MR) is 42.9 cm³/mol. The normalized spacial score (nSPS) is 16.3. The van der Waals surface area contributed by atoms with Crippen molar-refractivity contribution in [3.05, 3.63) is 12.7 Å². The zero-order valence-electron chi connectivity index (χ0n) is 7.09. The van der Waals surface area contributed by atoms with Gasteiger partial charge in [0.2, 0.25) is 0 Å². The lowest BCUT2D eigenvalue weighted by Crippen LogP contribution is -2.28. The van der Waals surface area contributed by atoms with Crippen molar-refractivity contribution in [3.63, 3.8) is 0 Å². The summed E-state index contributed by atoms with van der Waals surface area (Å²) in [6.07, 6.45) is 2.86. The highest BCUT2D eigenvalue weighted by Crippen LogP contribution is 2.02. The summed E-state index contributed by atoms with van der Waals surface area (Å²) in [7, 11) is 0. The fourth-order valence-corrected chi connectivity index (χ4v) is 1.20. The van der Waals surface area contributed by atoms with Gasteiger partial charge < -0.3 is 9.64 Å². The quantitative estimate of drug-likeness (QED) is 0.645. The molecule has 0 N–H and O–H groups in total. The van der Waals surface area contributed by atoms with Crippen molar-refractivity contribution in [2.75, 3.05) is 19.7 Å². The predicted octanol–water partition coefficient (Wildman–Crippen LogP) is -0.270. The zero-order valence-corrected chi connectivity index (χ0v) is 7.09. The molecule has 0 unspecified atom stereocenters. The first-order valence-electron chi connectivity index (χ1n) is 4.10. The van der Waals surface area contributed by atoms with Gasteiger partial charge in [0.25, 0.3) is 0 Å². The van der Waals surface area contributed by atoms with Gasteiger partial charge in [-0.05, 0) is 0 Å². The molecular formula is C7H10N4O2. The molecule has 70 valence electrons. The number of carbonyl (C=O) groups is 1. The Labute approximate surface area is 75.1 Å². The summed E-state index contributed by atoms with van der Waals surface area (Å²) in [4.78, 5) is 16.5. The standard InChI is InChI=1S/C7H10N4O2/c12-7-10(3-4-13-7)1-2-11-6-8-5-9-11/h5-6H,1-4H2. The van der Waals surface area contributed by atoms with Gasteiger partial charge >= 0.3 is 6.09 Å². The van der Waals surface area contributed by atoms with Crippen molar-refractivity contribution >= 4 is 6.09 Å². The molecule has 1 aromatic heterocycles. The third-order valence-corrected chi connectivity index (χ3v) is 1.91. The van der Waals surface area contributed by atoms with E-state index in [1.165, 1.54) is 6.33 Å². The molecule has 1 saturated heterocycles. The fraction of sp³-hybridized carbons (Fsp3) is 0.571. The number of amides is 1. The number of rotatable bonds is 3. The Bertz CT molecular complexity index is 285. The maximum absolute atomic E-state index is 11.0. The Morgan fingerprint density at radius 2 is 2.46 bits per heavy atom. The molecule has 0 spiro atoms. The highest BCUT2D eigenvalue weighted by atomic mass is 16.6. The van der Waals surface area contributed by atoms with Gasteiger partial charge in [0, 0.05) is 6.54 Å². The number of hydrogen-bond acceptors (Lipinski definition) is 4. The van der Waals surface area contributed by atoms with Crippen LogP contribution in [0.25, 0.3) is 0 Å². The van der Waals surface area contributed by atoms with Gasteiger partial charge in [-0.1, -0.05) is 0 Å². The van der Waals surface area contributed by atoms with Crippen molar-refractivity contribution in [1.29, 1.82) is 0 Å². The van der Waals surface area contributed by atoms with E-state index < -0.39 is 0 Å². The van der Waals surface area contributed by atoms with E-state index >= 15 is 0 Å². The number of hydrogen-bond donors (Lipinski definition) is 0. The van der Waals surface area contributed by atoms with Crippen LogP contribution in [0, 0.1) is 0 Å². The van der Waals surface area contributed by atoms with E-state index in [9.17, 15) is 4.79 Å². The lowest BCUT2D eigenvalue weighted by Gasteiger charge is -2.11. The molecule has 6 nitrogen and oxygen atoms in total. The average Bonchev–Trinajstić information content (AvgIpc) is 2.72. The molecular weight excluding hydrogens is 172 g/mol. The molecule has 1 fully saturated rings. The Balaban J connectivity index is 1.82.